The maximum absolute atomic E-state index is 12.7. The lowest BCUT2D eigenvalue weighted by atomic mass is 10.1. The predicted molar refractivity (Wildman–Crippen MR) is 104 cm³/mol. The Hall–Kier alpha value is -2.41. The smallest absolute Gasteiger partial charge is 0.324 e. The van der Waals surface area contributed by atoms with Crippen molar-refractivity contribution in [2.45, 2.75) is 32.7 Å². The molecule has 0 radical (unpaired) electrons. The van der Waals surface area contributed by atoms with Crippen LogP contribution >= 0.6 is 11.3 Å². The Kier molecular flexibility index (Phi) is 5.88. The molecule has 1 aromatic heterocycles. The molecule has 1 fully saturated rings. The largest absolute Gasteiger partial charge is 0.358 e. The van der Waals surface area contributed by atoms with Crippen molar-refractivity contribution in [3.8, 4) is 0 Å². The van der Waals surface area contributed by atoms with Crippen LogP contribution in [0, 0.1) is 17.0 Å². The summed E-state index contributed by atoms with van der Waals surface area (Å²) in [6.07, 6.45) is 3.31. The van der Waals surface area contributed by atoms with Crippen molar-refractivity contribution in [2.24, 2.45) is 0 Å². The third-order valence-corrected chi connectivity index (χ3v) is 5.56. The molecule has 138 valence electrons. The molecule has 0 saturated carbocycles. The zero-order chi connectivity index (χ0) is 18.5. The minimum absolute atomic E-state index is 0.120. The fraction of sp³-hybridized carbons (Fsp3) is 0.421. The number of rotatable bonds is 6. The number of hydrogen-bond donors (Lipinski definition) is 0. The lowest BCUT2D eigenvalue weighted by Crippen LogP contribution is -2.42. The number of nitro groups is 1. The second-order valence-electron chi connectivity index (χ2n) is 6.68. The predicted octanol–water partition coefficient (Wildman–Crippen LogP) is 3.98. The van der Waals surface area contributed by atoms with Crippen LogP contribution in [0.4, 0.5) is 10.7 Å². The SMILES string of the molecule is Cc1ccc(N(CC(=O)N2CCCCC2)Cc2csc([N+](=O)[O-])c2)cc1. The average molecular weight is 373 g/mol. The fourth-order valence-electron chi connectivity index (χ4n) is 3.16. The van der Waals surface area contributed by atoms with E-state index < -0.39 is 0 Å². The first-order chi connectivity index (χ1) is 12.5. The molecule has 2 heterocycles. The molecule has 0 N–H and O–H groups in total. The van der Waals surface area contributed by atoms with Gasteiger partial charge in [-0.05, 0) is 43.9 Å². The molecule has 0 atom stereocenters. The quantitative estimate of drug-likeness (QED) is 0.567. The third kappa shape index (κ3) is 4.60. The lowest BCUT2D eigenvalue weighted by Gasteiger charge is -2.31. The maximum Gasteiger partial charge on any atom is 0.324 e. The van der Waals surface area contributed by atoms with E-state index in [-0.39, 0.29) is 22.4 Å². The zero-order valence-electron chi connectivity index (χ0n) is 14.9. The Morgan fingerprint density at radius 1 is 1.23 bits per heavy atom. The van der Waals surface area contributed by atoms with Crippen LogP contribution in [0.15, 0.2) is 35.7 Å². The van der Waals surface area contributed by atoms with E-state index in [0.717, 1.165) is 54.1 Å². The lowest BCUT2D eigenvalue weighted by molar-refractivity contribution is -0.380. The van der Waals surface area contributed by atoms with Crippen molar-refractivity contribution in [1.29, 1.82) is 0 Å². The molecule has 0 bridgehead atoms. The topological polar surface area (TPSA) is 66.7 Å². The summed E-state index contributed by atoms with van der Waals surface area (Å²) in [5.41, 5.74) is 2.96. The highest BCUT2D eigenvalue weighted by Crippen LogP contribution is 2.26. The number of nitrogens with zero attached hydrogens (tertiary/aromatic N) is 3. The molecule has 0 unspecified atom stereocenters. The van der Waals surface area contributed by atoms with E-state index in [4.69, 9.17) is 0 Å². The van der Waals surface area contributed by atoms with Gasteiger partial charge in [-0.15, -0.1) is 0 Å². The third-order valence-electron chi connectivity index (χ3n) is 4.63. The Morgan fingerprint density at radius 3 is 2.54 bits per heavy atom. The maximum atomic E-state index is 12.7. The van der Waals surface area contributed by atoms with Crippen LogP contribution < -0.4 is 4.90 Å². The standard InChI is InChI=1S/C19H23N3O3S/c1-15-5-7-17(8-6-15)21(12-16-11-19(22(24)25)26-14-16)13-18(23)20-9-3-2-4-10-20/h5-8,11,14H,2-4,9-10,12-13H2,1H3. The van der Waals surface area contributed by atoms with Gasteiger partial charge in [-0.3, -0.25) is 14.9 Å². The fourth-order valence-corrected chi connectivity index (χ4v) is 3.88. The minimum Gasteiger partial charge on any atom is -0.358 e. The first kappa shape index (κ1) is 18.4. The van der Waals surface area contributed by atoms with Crippen molar-refractivity contribution in [2.75, 3.05) is 24.5 Å². The van der Waals surface area contributed by atoms with Gasteiger partial charge in [0.15, 0.2) is 0 Å². The number of amides is 1. The van der Waals surface area contributed by atoms with Gasteiger partial charge in [-0.2, -0.15) is 0 Å². The van der Waals surface area contributed by atoms with Gasteiger partial charge in [0.1, 0.15) is 0 Å². The normalized spacial score (nSPS) is 14.3. The van der Waals surface area contributed by atoms with E-state index in [9.17, 15) is 14.9 Å². The van der Waals surface area contributed by atoms with E-state index in [2.05, 4.69) is 0 Å². The molecule has 2 aromatic rings. The number of carbonyl (C=O) groups excluding carboxylic acids is 1. The summed E-state index contributed by atoms with van der Waals surface area (Å²) in [6.45, 7) is 4.43. The molecule has 1 amide bonds. The number of likely N-dealkylation sites (tertiary alicyclic amines) is 1. The van der Waals surface area contributed by atoms with Gasteiger partial charge in [-0.25, -0.2) is 0 Å². The summed E-state index contributed by atoms with van der Waals surface area (Å²) in [7, 11) is 0. The second-order valence-corrected chi connectivity index (χ2v) is 7.57. The van der Waals surface area contributed by atoms with Crippen molar-refractivity contribution < 1.29 is 9.72 Å². The molecule has 0 aliphatic carbocycles. The van der Waals surface area contributed by atoms with Gasteiger partial charge >= 0.3 is 5.00 Å². The summed E-state index contributed by atoms with van der Waals surface area (Å²) in [5.74, 6) is 0.120. The van der Waals surface area contributed by atoms with E-state index in [0.29, 0.717) is 6.54 Å². The van der Waals surface area contributed by atoms with Crippen molar-refractivity contribution in [3.05, 3.63) is 57.0 Å². The van der Waals surface area contributed by atoms with Crippen LogP contribution in [0.25, 0.3) is 0 Å². The van der Waals surface area contributed by atoms with E-state index >= 15 is 0 Å². The van der Waals surface area contributed by atoms with E-state index in [1.807, 2.05) is 41.0 Å². The highest BCUT2D eigenvalue weighted by Gasteiger charge is 2.21. The van der Waals surface area contributed by atoms with Crippen LogP contribution in [0.5, 0.6) is 0 Å². The van der Waals surface area contributed by atoms with Gasteiger partial charge < -0.3 is 9.80 Å². The van der Waals surface area contributed by atoms with Crippen LogP contribution in [-0.2, 0) is 11.3 Å². The number of piperidine rings is 1. The molecule has 1 saturated heterocycles. The van der Waals surface area contributed by atoms with E-state index in [1.54, 1.807) is 11.4 Å². The van der Waals surface area contributed by atoms with E-state index in [1.165, 1.54) is 6.42 Å². The molecule has 1 aliphatic heterocycles. The van der Waals surface area contributed by atoms with Crippen LogP contribution in [0.1, 0.15) is 30.4 Å². The summed E-state index contributed by atoms with van der Waals surface area (Å²) < 4.78 is 0. The van der Waals surface area contributed by atoms with Crippen LogP contribution in [0.2, 0.25) is 0 Å². The monoisotopic (exact) mass is 373 g/mol. The van der Waals surface area contributed by atoms with Crippen molar-refractivity contribution in [1.82, 2.24) is 4.90 Å². The van der Waals surface area contributed by atoms with Gasteiger partial charge in [0, 0.05) is 36.8 Å². The first-order valence-electron chi connectivity index (χ1n) is 8.84. The summed E-state index contributed by atoms with van der Waals surface area (Å²) >= 11 is 1.12. The van der Waals surface area contributed by atoms with Crippen molar-refractivity contribution in [3.63, 3.8) is 0 Å². The molecule has 7 heteroatoms. The first-order valence-corrected chi connectivity index (χ1v) is 9.72. The molecular weight excluding hydrogens is 350 g/mol. The van der Waals surface area contributed by atoms with Crippen LogP contribution in [-0.4, -0.2) is 35.4 Å². The van der Waals surface area contributed by atoms with Crippen molar-refractivity contribution >= 4 is 27.9 Å². The number of aryl methyl sites for hydroxylation is 1. The number of hydrogen-bond acceptors (Lipinski definition) is 5. The van der Waals surface area contributed by atoms with Gasteiger partial charge in [-0.1, -0.05) is 29.0 Å². The second kappa shape index (κ2) is 8.31. The van der Waals surface area contributed by atoms with Gasteiger partial charge in [0.2, 0.25) is 5.91 Å². The van der Waals surface area contributed by atoms with Gasteiger partial charge in [0.05, 0.1) is 11.5 Å². The summed E-state index contributed by atoms with van der Waals surface area (Å²) in [6, 6.07) is 9.63. The number of anilines is 1. The minimum atomic E-state index is -0.372. The average Bonchev–Trinajstić information content (AvgIpc) is 3.11. The highest BCUT2D eigenvalue weighted by atomic mass is 32.1. The molecule has 26 heavy (non-hydrogen) atoms. The Bertz CT molecular complexity index is 767. The molecule has 1 aliphatic rings. The molecule has 0 spiro atoms. The zero-order valence-corrected chi connectivity index (χ0v) is 15.7. The Balaban J connectivity index is 1.77. The number of benzene rings is 1. The molecule has 1 aromatic carbocycles. The molecule has 3 rings (SSSR count). The molecular formula is C19H23N3O3S. The Morgan fingerprint density at radius 2 is 1.92 bits per heavy atom. The van der Waals surface area contributed by atoms with Crippen LogP contribution in [0.3, 0.4) is 0 Å². The van der Waals surface area contributed by atoms with Gasteiger partial charge in [0.25, 0.3) is 0 Å². The Labute approximate surface area is 157 Å². The number of thiophene rings is 1. The highest BCUT2D eigenvalue weighted by molar-refractivity contribution is 7.13. The molecule has 6 nitrogen and oxygen atoms in total. The number of carbonyl (C=O) groups is 1. The summed E-state index contributed by atoms with van der Waals surface area (Å²) in [5, 5.41) is 12.9. The summed E-state index contributed by atoms with van der Waals surface area (Å²) in [4.78, 5) is 27.2.